The third kappa shape index (κ3) is 7.11. The highest BCUT2D eigenvalue weighted by molar-refractivity contribution is 7.99. The van der Waals surface area contributed by atoms with E-state index in [1.54, 1.807) is 11.8 Å². The maximum Gasteiger partial charge on any atom is 0.416 e. The zero-order valence-electron chi connectivity index (χ0n) is 20.5. The van der Waals surface area contributed by atoms with Crippen molar-refractivity contribution in [2.24, 2.45) is 0 Å². The van der Waals surface area contributed by atoms with Crippen LogP contribution in [0, 0.1) is 0 Å². The molecule has 3 aliphatic heterocycles. The number of amides is 1. The van der Waals surface area contributed by atoms with Crippen molar-refractivity contribution in [3.63, 3.8) is 0 Å². The first-order chi connectivity index (χ1) is 17.6. The molecule has 0 aromatic heterocycles. The molecular weight excluding hydrogens is 533 g/mol. The van der Waals surface area contributed by atoms with E-state index in [-0.39, 0.29) is 25.6 Å². The van der Waals surface area contributed by atoms with Crippen molar-refractivity contribution in [2.45, 2.75) is 74.7 Å². The number of piperidine rings is 1. The van der Waals surface area contributed by atoms with Crippen molar-refractivity contribution in [1.82, 2.24) is 9.79 Å². The zero-order chi connectivity index (χ0) is 26.5. The van der Waals surface area contributed by atoms with Gasteiger partial charge in [-0.2, -0.15) is 24.9 Å². The third-order valence-electron chi connectivity index (χ3n) is 7.10. The molecular formula is C24H33F3N2O6S2. The Bertz CT molecular complexity index is 1000. The Morgan fingerprint density at radius 1 is 1.11 bits per heavy atom. The minimum absolute atomic E-state index is 0.190. The van der Waals surface area contributed by atoms with Gasteiger partial charge in [0.05, 0.1) is 10.3 Å². The van der Waals surface area contributed by atoms with Crippen LogP contribution in [0.1, 0.15) is 56.9 Å². The number of carbonyl (C=O) groups excluding carboxylic acids is 1. The van der Waals surface area contributed by atoms with Gasteiger partial charge in [-0.1, -0.05) is 0 Å². The lowest BCUT2D eigenvalue weighted by atomic mass is 9.97. The molecule has 1 amide bonds. The number of nitrogens with one attached hydrogen (secondary N) is 1. The number of sulfonamides is 1. The fourth-order valence-corrected chi connectivity index (χ4v) is 8.72. The van der Waals surface area contributed by atoms with Crippen molar-refractivity contribution < 1.29 is 40.7 Å². The average Bonchev–Trinajstić information content (AvgIpc) is 2.89. The van der Waals surface area contributed by atoms with Gasteiger partial charge in [0, 0.05) is 32.5 Å². The van der Waals surface area contributed by atoms with Crippen LogP contribution in [0.15, 0.2) is 24.3 Å². The largest absolute Gasteiger partial charge is 0.490 e. The summed E-state index contributed by atoms with van der Waals surface area (Å²) >= 11 is 1.67. The Kier molecular flexibility index (Phi) is 9.31. The van der Waals surface area contributed by atoms with Crippen LogP contribution in [0.2, 0.25) is 0 Å². The van der Waals surface area contributed by atoms with E-state index in [0.29, 0.717) is 56.0 Å². The van der Waals surface area contributed by atoms with Crippen LogP contribution in [-0.2, 0) is 30.6 Å². The number of thioether (sulfide) groups is 1. The van der Waals surface area contributed by atoms with E-state index in [9.17, 15) is 26.4 Å². The molecule has 0 saturated carbocycles. The average molecular weight is 567 g/mol. The number of hydrogen-bond donors (Lipinski definition) is 1. The van der Waals surface area contributed by atoms with E-state index >= 15 is 0 Å². The van der Waals surface area contributed by atoms with Gasteiger partial charge in [0.25, 0.3) is 0 Å². The molecule has 0 spiro atoms. The number of halogens is 3. The van der Waals surface area contributed by atoms with Crippen LogP contribution in [0.4, 0.5) is 13.2 Å². The highest BCUT2D eigenvalue weighted by Crippen LogP contribution is 2.40. The molecule has 0 aliphatic carbocycles. The number of carbonyl (C=O) groups is 1. The van der Waals surface area contributed by atoms with Crippen molar-refractivity contribution in [3.05, 3.63) is 29.8 Å². The molecule has 8 nitrogen and oxygen atoms in total. The van der Waals surface area contributed by atoms with Crippen LogP contribution in [-0.4, -0.2) is 67.0 Å². The smallest absolute Gasteiger partial charge is 0.416 e. The first-order valence-corrected chi connectivity index (χ1v) is 15.2. The molecule has 1 N–H and O–H groups in total. The van der Waals surface area contributed by atoms with E-state index in [0.717, 1.165) is 25.0 Å². The summed E-state index contributed by atoms with van der Waals surface area (Å²) in [6.07, 6.45) is -1.34. The Morgan fingerprint density at radius 2 is 1.78 bits per heavy atom. The number of nitrogens with zero attached hydrogens (tertiary/aromatic N) is 1. The lowest BCUT2D eigenvalue weighted by Gasteiger charge is -2.41. The van der Waals surface area contributed by atoms with Crippen molar-refractivity contribution in [2.75, 3.05) is 31.2 Å². The third-order valence-corrected chi connectivity index (χ3v) is 10.8. The molecule has 3 aliphatic rings. The molecule has 4 rings (SSSR count). The quantitative estimate of drug-likeness (QED) is 0.474. The van der Waals surface area contributed by atoms with E-state index < -0.39 is 38.7 Å². The summed E-state index contributed by atoms with van der Waals surface area (Å²) in [5.41, 5.74) is 1.65. The molecule has 0 bridgehead atoms. The number of ether oxygens (including phenoxy) is 2. The highest BCUT2D eigenvalue weighted by Gasteiger charge is 2.50. The van der Waals surface area contributed by atoms with Crippen LogP contribution in [0.25, 0.3) is 0 Å². The minimum atomic E-state index is -4.42. The highest BCUT2D eigenvalue weighted by atomic mass is 32.2. The lowest BCUT2D eigenvalue weighted by molar-refractivity contribution is -0.200. The maximum atomic E-state index is 13.8. The van der Waals surface area contributed by atoms with Gasteiger partial charge in [0.15, 0.2) is 6.29 Å². The summed E-state index contributed by atoms with van der Waals surface area (Å²) in [6, 6.07) is 4.49. The van der Waals surface area contributed by atoms with Gasteiger partial charge in [-0.05, 0) is 74.3 Å². The van der Waals surface area contributed by atoms with Crippen molar-refractivity contribution >= 4 is 27.7 Å². The van der Waals surface area contributed by atoms with Gasteiger partial charge in [-0.3, -0.25) is 4.79 Å². The number of hydroxylamine groups is 1. The molecule has 1 atom stereocenters. The predicted octanol–water partition coefficient (Wildman–Crippen LogP) is 4.11. The van der Waals surface area contributed by atoms with Gasteiger partial charge < -0.3 is 9.47 Å². The van der Waals surface area contributed by atoms with Crippen LogP contribution in [0.3, 0.4) is 0 Å². The molecule has 37 heavy (non-hydrogen) atoms. The van der Waals surface area contributed by atoms with Crippen molar-refractivity contribution in [3.8, 4) is 5.75 Å². The van der Waals surface area contributed by atoms with Crippen LogP contribution in [0.5, 0.6) is 5.75 Å². The molecule has 0 radical (unpaired) electrons. The van der Waals surface area contributed by atoms with Gasteiger partial charge in [-0.15, -0.1) is 0 Å². The first-order valence-electron chi connectivity index (χ1n) is 12.6. The second-order valence-electron chi connectivity index (χ2n) is 9.65. The monoisotopic (exact) mass is 566 g/mol. The predicted molar refractivity (Wildman–Crippen MR) is 132 cm³/mol. The minimum Gasteiger partial charge on any atom is -0.490 e. The fourth-order valence-electron chi connectivity index (χ4n) is 4.91. The summed E-state index contributed by atoms with van der Waals surface area (Å²) in [6.45, 7) is 1.00. The topological polar surface area (TPSA) is 94.2 Å². The van der Waals surface area contributed by atoms with E-state index in [2.05, 4.69) is 5.48 Å². The summed E-state index contributed by atoms with van der Waals surface area (Å²) in [4.78, 5) is 18.1. The summed E-state index contributed by atoms with van der Waals surface area (Å²) in [7, 11) is -3.81. The van der Waals surface area contributed by atoms with Crippen LogP contribution >= 0.6 is 11.8 Å². The molecule has 1 unspecified atom stereocenters. The Morgan fingerprint density at radius 3 is 2.38 bits per heavy atom. The number of alkyl halides is 3. The first kappa shape index (κ1) is 28.5. The van der Waals surface area contributed by atoms with E-state index in [4.69, 9.17) is 14.3 Å². The van der Waals surface area contributed by atoms with E-state index in [1.165, 1.54) is 16.4 Å². The number of rotatable bonds is 8. The Balaban J connectivity index is 1.34. The molecule has 13 heteroatoms. The summed E-state index contributed by atoms with van der Waals surface area (Å²) in [5, 5.41) is 0. The van der Waals surface area contributed by atoms with Gasteiger partial charge >= 0.3 is 6.18 Å². The molecule has 208 valence electrons. The number of benzene rings is 1. The van der Waals surface area contributed by atoms with Gasteiger partial charge in [0.1, 0.15) is 11.9 Å². The molecule has 3 saturated heterocycles. The molecule has 1 aromatic rings. The van der Waals surface area contributed by atoms with Crippen LogP contribution < -0.4 is 10.2 Å². The number of hydrogen-bond acceptors (Lipinski definition) is 7. The summed E-state index contributed by atoms with van der Waals surface area (Å²) < 4.78 is 77.5. The Hall–Kier alpha value is -1.54. The summed E-state index contributed by atoms with van der Waals surface area (Å²) in [5.74, 6) is 1.12. The standard InChI is InChI=1S/C24H33F3N2O6S2/c25-24(26,27)18-4-6-19(7-5-18)34-20-8-12-29(13-9-20)37(31,32)23(10-15-36-16-11-23)17-21(30)28-35-22-3-1-2-14-33-22/h4-7,20,22H,1-3,8-17H2,(H,28,30). The van der Waals surface area contributed by atoms with Crippen molar-refractivity contribution in [1.29, 1.82) is 0 Å². The fraction of sp³-hybridized carbons (Fsp3) is 0.708. The SMILES string of the molecule is O=C(CC1(S(=O)(=O)N2CCC(Oc3ccc(C(F)(F)F)cc3)CC2)CCSCC1)NOC1CCCCO1. The van der Waals surface area contributed by atoms with E-state index in [1.807, 2.05) is 0 Å². The van der Waals surface area contributed by atoms with Gasteiger partial charge in [-0.25, -0.2) is 23.0 Å². The molecule has 3 heterocycles. The second-order valence-corrected chi connectivity index (χ2v) is 13.2. The normalized spacial score (nSPS) is 23.9. The second kappa shape index (κ2) is 12.1. The van der Waals surface area contributed by atoms with Gasteiger partial charge in [0.2, 0.25) is 15.9 Å². The molecule has 1 aromatic carbocycles. The zero-order valence-corrected chi connectivity index (χ0v) is 22.1. The maximum absolute atomic E-state index is 13.8. The lowest BCUT2D eigenvalue weighted by Crippen LogP contribution is -2.55. The molecule has 3 fully saturated rings. The Labute approximate surface area is 219 Å².